The van der Waals surface area contributed by atoms with Crippen LogP contribution >= 0.6 is 34.5 Å². The molecule has 0 spiro atoms. The first-order valence-corrected chi connectivity index (χ1v) is 6.46. The van der Waals surface area contributed by atoms with Gasteiger partial charge in [-0.05, 0) is 37.3 Å². The Balaban J connectivity index is 2.15. The first-order valence-electron chi connectivity index (χ1n) is 4.89. The van der Waals surface area contributed by atoms with E-state index in [1.807, 2.05) is 13.0 Å². The molecular formula is C12H9Cl2NOS. The maximum absolute atomic E-state index is 11.8. The molecule has 1 amide bonds. The monoisotopic (exact) mass is 285 g/mol. The Bertz CT molecular complexity index is 565. The minimum absolute atomic E-state index is 0.138. The number of carbonyl (C=O) groups excluding carboxylic acids is 1. The SMILES string of the molecule is Cc1ccc(C(=O)Nc2ccc(Cl)c(Cl)c2)s1. The third-order valence-electron chi connectivity index (χ3n) is 2.14. The summed E-state index contributed by atoms with van der Waals surface area (Å²) in [7, 11) is 0. The van der Waals surface area contributed by atoms with Crippen molar-refractivity contribution in [1.82, 2.24) is 0 Å². The molecule has 2 rings (SSSR count). The van der Waals surface area contributed by atoms with Crippen molar-refractivity contribution in [3.05, 3.63) is 50.1 Å². The zero-order valence-electron chi connectivity index (χ0n) is 8.96. The Hall–Kier alpha value is -1.03. The van der Waals surface area contributed by atoms with E-state index in [1.54, 1.807) is 24.3 Å². The molecular weight excluding hydrogens is 277 g/mol. The van der Waals surface area contributed by atoms with Crippen LogP contribution in [0.3, 0.4) is 0 Å². The highest BCUT2D eigenvalue weighted by Crippen LogP contribution is 2.25. The second-order valence-electron chi connectivity index (χ2n) is 3.49. The minimum Gasteiger partial charge on any atom is -0.321 e. The van der Waals surface area contributed by atoms with Crippen molar-refractivity contribution in [3.8, 4) is 0 Å². The molecule has 2 aromatic rings. The summed E-state index contributed by atoms with van der Waals surface area (Å²) < 4.78 is 0. The fourth-order valence-electron chi connectivity index (χ4n) is 1.32. The highest BCUT2D eigenvalue weighted by Gasteiger charge is 2.09. The molecule has 0 aliphatic heterocycles. The largest absolute Gasteiger partial charge is 0.321 e. The Morgan fingerprint density at radius 3 is 2.53 bits per heavy atom. The van der Waals surface area contributed by atoms with E-state index in [4.69, 9.17) is 23.2 Å². The first kappa shape index (κ1) is 12.4. The maximum atomic E-state index is 11.8. The van der Waals surface area contributed by atoms with E-state index in [0.717, 1.165) is 4.88 Å². The summed E-state index contributed by atoms with van der Waals surface area (Å²) >= 11 is 13.1. The Morgan fingerprint density at radius 1 is 1.18 bits per heavy atom. The van der Waals surface area contributed by atoms with Gasteiger partial charge < -0.3 is 5.32 Å². The lowest BCUT2D eigenvalue weighted by atomic mass is 10.3. The summed E-state index contributed by atoms with van der Waals surface area (Å²) in [5.41, 5.74) is 0.635. The van der Waals surface area contributed by atoms with Crippen molar-refractivity contribution in [3.63, 3.8) is 0 Å². The van der Waals surface area contributed by atoms with Crippen LogP contribution in [0.15, 0.2) is 30.3 Å². The molecule has 0 atom stereocenters. The third-order valence-corrected chi connectivity index (χ3v) is 3.88. The fraction of sp³-hybridized carbons (Fsp3) is 0.0833. The van der Waals surface area contributed by atoms with Gasteiger partial charge in [-0.25, -0.2) is 0 Å². The molecule has 0 aliphatic rings. The van der Waals surface area contributed by atoms with E-state index in [-0.39, 0.29) is 5.91 Å². The van der Waals surface area contributed by atoms with Gasteiger partial charge in [-0.15, -0.1) is 11.3 Å². The lowest BCUT2D eigenvalue weighted by molar-refractivity contribution is 0.103. The van der Waals surface area contributed by atoms with Crippen LogP contribution < -0.4 is 5.32 Å². The summed E-state index contributed by atoms with van der Waals surface area (Å²) in [5, 5.41) is 3.66. The molecule has 0 unspecified atom stereocenters. The number of rotatable bonds is 2. The smallest absolute Gasteiger partial charge is 0.265 e. The third kappa shape index (κ3) is 3.00. The average Bonchev–Trinajstić information content (AvgIpc) is 2.70. The van der Waals surface area contributed by atoms with Gasteiger partial charge in [-0.3, -0.25) is 4.79 Å². The van der Waals surface area contributed by atoms with Crippen LogP contribution in [0.2, 0.25) is 10.0 Å². The number of carbonyl (C=O) groups is 1. The van der Waals surface area contributed by atoms with E-state index >= 15 is 0 Å². The fourth-order valence-corrected chi connectivity index (χ4v) is 2.38. The molecule has 0 aliphatic carbocycles. The average molecular weight is 286 g/mol. The topological polar surface area (TPSA) is 29.1 Å². The summed E-state index contributed by atoms with van der Waals surface area (Å²) in [5.74, 6) is -0.138. The van der Waals surface area contributed by atoms with Crippen LogP contribution in [0.1, 0.15) is 14.5 Å². The maximum Gasteiger partial charge on any atom is 0.265 e. The van der Waals surface area contributed by atoms with Gasteiger partial charge in [0.1, 0.15) is 0 Å². The highest BCUT2D eigenvalue weighted by atomic mass is 35.5. The number of hydrogen-bond acceptors (Lipinski definition) is 2. The van der Waals surface area contributed by atoms with Crippen LogP contribution in [0.4, 0.5) is 5.69 Å². The Labute approximate surface area is 113 Å². The van der Waals surface area contributed by atoms with Crippen molar-refractivity contribution >= 4 is 46.1 Å². The molecule has 0 radical (unpaired) electrons. The zero-order valence-corrected chi connectivity index (χ0v) is 11.3. The molecule has 0 bridgehead atoms. The van der Waals surface area contributed by atoms with Gasteiger partial charge in [-0.1, -0.05) is 23.2 Å². The van der Waals surface area contributed by atoms with Gasteiger partial charge in [0.05, 0.1) is 14.9 Å². The van der Waals surface area contributed by atoms with Crippen molar-refractivity contribution < 1.29 is 4.79 Å². The standard InChI is InChI=1S/C12H9Cl2NOS/c1-7-2-5-11(17-7)12(16)15-8-3-4-9(13)10(14)6-8/h2-6H,1H3,(H,15,16). The van der Waals surface area contributed by atoms with Crippen molar-refractivity contribution in [2.45, 2.75) is 6.92 Å². The zero-order chi connectivity index (χ0) is 12.4. The lowest BCUT2D eigenvalue weighted by Crippen LogP contribution is -2.09. The van der Waals surface area contributed by atoms with E-state index in [1.165, 1.54) is 11.3 Å². The molecule has 1 N–H and O–H groups in total. The number of hydrogen-bond donors (Lipinski definition) is 1. The lowest BCUT2D eigenvalue weighted by Gasteiger charge is -2.04. The first-order chi connectivity index (χ1) is 8.06. The van der Waals surface area contributed by atoms with E-state index in [0.29, 0.717) is 20.6 Å². The van der Waals surface area contributed by atoms with Gasteiger partial charge in [0.2, 0.25) is 0 Å². The van der Waals surface area contributed by atoms with Crippen molar-refractivity contribution in [1.29, 1.82) is 0 Å². The van der Waals surface area contributed by atoms with Crippen molar-refractivity contribution in [2.24, 2.45) is 0 Å². The van der Waals surface area contributed by atoms with Gasteiger partial charge >= 0.3 is 0 Å². The van der Waals surface area contributed by atoms with Crippen LogP contribution in [0, 0.1) is 6.92 Å². The van der Waals surface area contributed by atoms with Gasteiger partial charge in [0.15, 0.2) is 0 Å². The Morgan fingerprint density at radius 2 is 1.94 bits per heavy atom. The van der Waals surface area contributed by atoms with Crippen LogP contribution in [-0.4, -0.2) is 5.91 Å². The number of aryl methyl sites for hydroxylation is 1. The molecule has 2 nitrogen and oxygen atoms in total. The predicted octanol–water partition coefficient (Wildman–Crippen LogP) is 4.62. The second-order valence-corrected chi connectivity index (χ2v) is 5.60. The van der Waals surface area contributed by atoms with Crippen molar-refractivity contribution in [2.75, 3.05) is 5.32 Å². The number of amides is 1. The summed E-state index contributed by atoms with van der Waals surface area (Å²) in [6.07, 6.45) is 0. The molecule has 1 heterocycles. The van der Waals surface area contributed by atoms with Gasteiger partial charge in [0, 0.05) is 10.6 Å². The summed E-state index contributed by atoms with van der Waals surface area (Å²) in [6, 6.07) is 8.70. The number of nitrogens with one attached hydrogen (secondary N) is 1. The van der Waals surface area contributed by atoms with E-state index in [9.17, 15) is 4.79 Å². The number of anilines is 1. The van der Waals surface area contributed by atoms with Crippen LogP contribution in [-0.2, 0) is 0 Å². The van der Waals surface area contributed by atoms with E-state index in [2.05, 4.69) is 5.32 Å². The highest BCUT2D eigenvalue weighted by molar-refractivity contribution is 7.14. The predicted molar refractivity (Wildman–Crippen MR) is 73.5 cm³/mol. The molecule has 5 heteroatoms. The molecule has 0 saturated heterocycles. The van der Waals surface area contributed by atoms with Crippen LogP contribution in [0.25, 0.3) is 0 Å². The van der Waals surface area contributed by atoms with Crippen LogP contribution in [0.5, 0.6) is 0 Å². The van der Waals surface area contributed by atoms with E-state index < -0.39 is 0 Å². The molecule has 17 heavy (non-hydrogen) atoms. The quantitative estimate of drug-likeness (QED) is 0.857. The second kappa shape index (κ2) is 5.08. The number of halogens is 2. The molecule has 1 aromatic heterocycles. The minimum atomic E-state index is -0.138. The van der Waals surface area contributed by atoms with Gasteiger partial charge in [-0.2, -0.15) is 0 Å². The normalized spacial score (nSPS) is 10.3. The summed E-state index contributed by atoms with van der Waals surface area (Å²) in [6.45, 7) is 1.96. The number of benzene rings is 1. The van der Waals surface area contributed by atoms with Gasteiger partial charge in [0.25, 0.3) is 5.91 Å². The number of thiophene rings is 1. The molecule has 1 aromatic carbocycles. The molecule has 88 valence electrons. The Kier molecular flexibility index (Phi) is 3.72. The molecule has 0 fully saturated rings. The summed E-state index contributed by atoms with van der Waals surface area (Å²) in [4.78, 5) is 13.6. The molecule has 0 saturated carbocycles.